The third kappa shape index (κ3) is 3.22. The SMILES string of the molecule is COc1c(C)cc(-c2nc(N3C[C@@H](O)[C@@H]3C)nc3c2CCC3(F)F)cc1S(C)(=N)=O. The van der Waals surface area contributed by atoms with Crippen LogP contribution in [-0.2, 0) is 22.1 Å². The Morgan fingerprint density at radius 1 is 1.37 bits per heavy atom. The molecule has 2 heterocycles. The van der Waals surface area contributed by atoms with Gasteiger partial charge in [0.2, 0.25) is 5.95 Å². The van der Waals surface area contributed by atoms with E-state index in [-0.39, 0.29) is 42.0 Å². The van der Waals surface area contributed by atoms with Gasteiger partial charge in [-0.3, -0.25) is 0 Å². The third-order valence-corrected chi connectivity index (χ3v) is 7.00. The number of aliphatic hydroxyl groups is 1. The van der Waals surface area contributed by atoms with Crippen molar-refractivity contribution in [3.63, 3.8) is 0 Å². The number of β-amino-alcohol motifs (C(OH)–C–C–N with tert-alkyl or cyclic N) is 1. The number of aromatic nitrogens is 2. The van der Waals surface area contributed by atoms with Crippen molar-refractivity contribution in [2.24, 2.45) is 0 Å². The summed E-state index contributed by atoms with van der Waals surface area (Å²) in [7, 11) is -1.69. The number of benzene rings is 1. The van der Waals surface area contributed by atoms with Gasteiger partial charge >= 0.3 is 0 Å². The quantitative estimate of drug-likeness (QED) is 0.761. The van der Waals surface area contributed by atoms with E-state index >= 15 is 0 Å². The number of fused-ring (bicyclic) bond motifs is 1. The van der Waals surface area contributed by atoms with E-state index in [0.717, 1.165) is 0 Å². The Kier molecular flexibility index (Phi) is 4.77. The number of nitrogens with zero attached hydrogens (tertiary/aromatic N) is 3. The molecule has 0 saturated carbocycles. The van der Waals surface area contributed by atoms with Crippen molar-refractivity contribution < 1.29 is 22.8 Å². The van der Waals surface area contributed by atoms with Gasteiger partial charge in [-0.15, -0.1) is 0 Å². The number of rotatable bonds is 4. The van der Waals surface area contributed by atoms with E-state index in [0.29, 0.717) is 28.1 Å². The van der Waals surface area contributed by atoms with Gasteiger partial charge in [0.05, 0.1) is 39.6 Å². The number of nitrogens with one attached hydrogen (secondary N) is 1. The molecule has 1 unspecified atom stereocenters. The number of aryl methyl sites for hydroxylation is 1. The Morgan fingerprint density at radius 3 is 2.63 bits per heavy atom. The van der Waals surface area contributed by atoms with Crippen LogP contribution in [0.25, 0.3) is 11.3 Å². The molecule has 0 bridgehead atoms. The van der Waals surface area contributed by atoms with Crippen LogP contribution in [0.3, 0.4) is 0 Å². The van der Waals surface area contributed by atoms with E-state index in [9.17, 15) is 18.1 Å². The van der Waals surface area contributed by atoms with Crippen LogP contribution in [0.2, 0.25) is 0 Å². The molecular weight excluding hydrogens is 414 g/mol. The van der Waals surface area contributed by atoms with Crippen molar-refractivity contribution in [3.8, 4) is 17.0 Å². The Balaban J connectivity index is 1.96. The molecule has 0 spiro atoms. The predicted molar refractivity (Wildman–Crippen MR) is 109 cm³/mol. The highest BCUT2D eigenvalue weighted by molar-refractivity contribution is 7.91. The molecule has 1 aliphatic heterocycles. The molecule has 10 heteroatoms. The zero-order chi connectivity index (χ0) is 22.0. The Labute approximate surface area is 174 Å². The summed E-state index contributed by atoms with van der Waals surface area (Å²) in [4.78, 5) is 10.6. The fourth-order valence-electron chi connectivity index (χ4n) is 4.06. The van der Waals surface area contributed by atoms with Crippen LogP contribution in [0, 0.1) is 11.7 Å². The molecular formula is C20H24F2N4O3S. The summed E-state index contributed by atoms with van der Waals surface area (Å²) in [6, 6.07) is 3.00. The van der Waals surface area contributed by atoms with Gasteiger partial charge in [-0.2, -0.15) is 8.78 Å². The van der Waals surface area contributed by atoms with E-state index in [1.54, 1.807) is 30.9 Å². The fraction of sp³-hybridized carbons (Fsp3) is 0.500. The maximum atomic E-state index is 14.6. The third-order valence-electron chi connectivity index (χ3n) is 5.86. The molecule has 0 radical (unpaired) electrons. The molecule has 162 valence electrons. The maximum absolute atomic E-state index is 14.6. The first-order chi connectivity index (χ1) is 13.9. The lowest BCUT2D eigenvalue weighted by molar-refractivity contribution is -0.00603. The maximum Gasteiger partial charge on any atom is 0.290 e. The molecule has 1 saturated heterocycles. The number of hydrogen-bond donors (Lipinski definition) is 2. The van der Waals surface area contributed by atoms with Gasteiger partial charge in [-0.1, -0.05) is 0 Å². The summed E-state index contributed by atoms with van der Waals surface area (Å²) in [6.45, 7) is 3.81. The van der Waals surface area contributed by atoms with E-state index in [2.05, 4.69) is 9.97 Å². The normalized spacial score (nSPS) is 24.2. The molecule has 0 amide bonds. The zero-order valence-corrected chi connectivity index (χ0v) is 18.0. The molecule has 1 aromatic heterocycles. The van der Waals surface area contributed by atoms with Gasteiger partial charge in [-0.25, -0.2) is 19.0 Å². The number of anilines is 1. The molecule has 1 aliphatic carbocycles. The van der Waals surface area contributed by atoms with E-state index in [1.165, 1.54) is 13.4 Å². The smallest absolute Gasteiger partial charge is 0.290 e. The molecule has 2 aliphatic rings. The minimum atomic E-state index is -3.13. The fourth-order valence-corrected chi connectivity index (χ4v) is 5.01. The average Bonchev–Trinajstić information content (AvgIpc) is 2.98. The summed E-state index contributed by atoms with van der Waals surface area (Å²) in [5.74, 6) is -2.58. The van der Waals surface area contributed by atoms with Crippen molar-refractivity contribution in [3.05, 3.63) is 29.0 Å². The summed E-state index contributed by atoms with van der Waals surface area (Å²) in [6.07, 6.45) is 0.505. The molecule has 7 nitrogen and oxygen atoms in total. The van der Waals surface area contributed by atoms with E-state index < -0.39 is 21.8 Å². The van der Waals surface area contributed by atoms with Crippen LogP contribution >= 0.6 is 0 Å². The van der Waals surface area contributed by atoms with Crippen molar-refractivity contribution in [2.75, 3.05) is 24.8 Å². The molecule has 30 heavy (non-hydrogen) atoms. The average molecular weight is 439 g/mol. The monoisotopic (exact) mass is 438 g/mol. The van der Waals surface area contributed by atoms with Gasteiger partial charge < -0.3 is 14.7 Å². The molecule has 2 N–H and O–H groups in total. The van der Waals surface area contributed by atoms with Crippen molar-refractivity contribution in [1.29, 1.82) is 4.78 Å². The van der Waals surface area contributed by atoms with Crippen LogP contribution in [0.1, 0.15) is 30.2 Å². The predicted octanol–water partition coefficient (Wildman–Crippen LogP) is 3.10. The van der Waals surface area contributed by atoms with Crippen LogP contribution in [0.15, 0.2) is 17.0 Å². The van der Waals surface area contributed by atoms with Crippen LogP contribution in [-0.4, -0.2) is 51.3 Å². The number of ether oxygens (including phenoxy) is 1. The van der Waals surface area contributed by atoms with Crippen LogP contribution in [0.4, 0.5) is 14.7 Å². The highest BCUT2D eigenvalue weighted by atomic mass is 32.2. The second-order valence-electron chi connectivity index (χ2n) is 8.03. The number of halogens is 2. The number of hydrogen-bond acceptors (Lipinski definition) is 7. The van der Waals surface area contributed by atoms with Gasteiger partial charge in [0.15, 0.2) is 0 Å². The topological polar surface area (TPSA) is 99.4 Å². The first-order valence-electron chi connectivity index (χ1n) is 9.60. The standard InChI is InChI=1S/C20H24F2N4O3S/c1-10-7-12(8-15(17(10)29-3)30(4,23)28)16-13-5-6-20(21,22)18(13)25-19(24-16)26-9-14(27)11(26)2/h7-8,11,14,23,27H,5-6,9H2,1-4H3/t11-,14+,30?/m0/s1. The first-order valence-corrected chi connectivity index (χ1v) is 11.6. The molecule has 2 aromatic rings. The minimum Gasteiger partial charge on any atom is -0.495 e. The van der Waals surface area contributed by atoms with Crippen molar-refractivity contribution >= 4 is 15.7 Å². The summed E-state index contributed by atoms with van der Waals surface area (Å²) in [5, 5.41) is 9.84. The Hall–Kier alpha value is -2.33. The van der Waals surface area contributed by atoms with Crippen molar-refractivity contribution in [1.82, 2.24) is 9.97 Å². The van der Waals surface area contributed by atoms with E-state index in [4.69, 9.17) is 9.52 Å². The van der Waals surface area contributed by atoms with Crippen molar-refractivity contribution in [2.45, 2.75) is 49.7 Å². The summed E-state index contributed by atoms with van der Waals surface area (Å²) >= 11 is 0. The number of methoxy groups -OCH3 is 1. The first kappa shape index (κ1) is 20.9. The lowest BCUT2D eigenvalue weighted by Crippen LogP contribution is -2.59. The van der Waals surface area contributed by atoms with Gasteiger partial charge in [-0.05, 0) is 38.0 Å². The highest BCUT2D eigenvalue weighted by Gasteiger charge is 2.45. The molecule has 4 rings (SSSR count). The van der Waals surface area contributed by atoms with Gasteiger partial charge in [0.1, 0.15) is 11.4 Å². The lowest BCUT2D eigenvalue weighted by Gasteiger charge is -2.43. The van der Waals surface area contributed by atoms with Crippen LogP contribution < -0.4 is 9.64 Å². The Bertz CT molecular complexity index is 1140. The highest BCUT2D eigenvalue weighted by Crippen LogP contribution is 2.45. The number of aliphatic hydroxyl groups excluding tert-OH is 1. The molecule has 3 atom stereocenters. The van der Waals surface area contributed by atoms with Gasteiger partial charge in [0, 0.05) is 30.3 Å². The number of alkyl halides is 2. The summed E-state index contributed by atoms with van der Waals surface area (Å²) in [5.41, 5.74) is 1.54. The van der Waals surface area contributed by atoms with Gasteiger partial charge in [0.25, 0.3) is 5.92 Å². The second-order valence-corrected chi connectivity index (χ2v) is 10.2. The van der Waals surface area contributed by atoms with Crippen LogP contribution in [0.5, 0.6) is 5.75 Å². The lowest BCUT2D eigenvalue weighted by atomic mass is 10.0. The zero-order valence-electron chi connectivity index (χ0n) is 17.2. The Morgan fingerprint density at radius 2 is 2.07 bits per heavy atom. The minimum absolute atomic E-state index is 0.124. The largest absolute Gasteiger partial charge is 0.495 e. The molecule has 1 aromatic carbocycles. The summed E-state index contributed by atoms with van der Waals surface area (Å²) < 4.78 is 55.1. The molecule has 1 fully saturated rings. The van der Waals surface area contributed by atoms with E-state index in [1.807, 2.05) is 0 Å². The second kappa shape index (κ2) is 6.84.